The van der Waals surface area contributed by atoms with E-state index in [1.807, 2.05) is 41.3 Å². The predicted molar refractivity (Wildman–Crippen MR) is 121 cm³/mol. The molecule has 1 aromatic carbocycles. The largest absolute Gasteiger partial charge is 0.470 e. The van der Waals surface area contributed by atoms with Crippen molar-refractivity contribution < 1.29 is 14.3 Å². The molecule has 1 saturated heterocycles. The van der Waals surface area contributed by atoms with Gasteiger partial charge in [0.05, 0.1) is 36.9 Å². The van der Waals surface area contributed by atoms with Crippen LogP contribution < -0.4 is 10.1 Å². The molecular weight excluding hydrogens is 420 g/mol. The third-order valence-electron chi connectivity index (χ3n) is 6.16. The molecule has 9 nitrogen and oxygen atoms in total. The molecular formula is C24H24N6O3. The molecule has 0 radical (unpaired) electrons. The molecule has 2 aliphatic heterocycles. The monoisotopic (exact) mass is 444 g/mol. The summed E-state index contributed by atoms with van der Waals surface area (Å²) in [6.45, 7) is 5.96. The van der Waals surface area contributed by atoms with E-state index in [1.54, 1.807) is 10.7 Å². The van der Waals surface area contributed by atoms with E-state index in [1.165, 1.54) is 0 Å². The van der Waals surface area contributed by atoms with Gasteiger partial charge in [-0.1, -0.05) is 12.1 Å². The fourth-order valence-electron chi connectivity index (χ4n) is 4.29. The van der Waals surface area contributed by atoms with E-state index >= 15 is 0 Å². The lowest BCUT2D eigenvalue weighted by molar-refractivity contribution is 0.0965. The van der Waals surface area contributed by atoms with Crippen molar-refractivity contribution in [2.24, 2.45) is 0 Å². The van der Waals surface area contributed by atoms with Crippen molar-refractivity contribution in [3.05, 3.63) is 54.0 Å². The van der Waals surface area contributed by atoms with Gasteiger partial charge in [0.2, 0.25) is 5.88 Å². The van der Waals surface area contributed by atoms with Crippen LogP contribution in [0.15, 0.2) is 42.9 Å². The third kappa shape index (κ3) is 3.45. The Morgan fingerprint density at radius 1 is 1.18 bits per heavy atom. The number of carbonyl (C=O) groups is 1. The van der Waals surface area contributed by atoms with Crippen LogP contribution in [0, 0.1) is 0 Å². The Kier molecular flexibility index (Phi) is 4.65. The summed E-state index contributed by atoms with van der Waals surface area (Å²) < 4.78 is 15.5. The summed E-state index contributed by atoms with van der Waals surface area (Å²) >= 11 is 0. The zero-order valence-corrected chi connectivity index (χ0v) is 18.5. The molecule has 33 heavy (non-hydrogen) atoms. The number of rotatable bonds is 5. The van der Waals surface area contributed by atoms with Crippen molar-refractivity contribution in [3.63, 3.8) is 0 Å². The molecule has 0 aliphatic carbocycles. The summed E-state index contributed by atoms with van der Waals surface area (Å²) in [5, 5.41) is 12.2. The zero-order chi connectivity index (χ0) is 22.5. The predicted octanol–water partition coefficient (Wildman–Crippen LogP) is 3.25. The van der Waals surface area contributed by atoms with E-state index < -0.39 is 0 Å². The summed E-state index contributed by atoms with van der Waals surface area (Å²) in [6.07, 6.45) is 6.37. The van der Waals surface area contributed by atoms with Gasteiger partial charge in [0.25, 0.3) is 5.91 Å². The molecule has 4 aromatic rings. The van der Waals surface area contributed by atoms with Crippen LogP contribution in [0.2, 0.25) is 0 Å². The van der Waals surface area contributed by atoms with Gasteiger partial charge in [-0.3, -0.25) is 9.48 Å². The minimum atomic E-state index is -0.0525. The van der Waals surface area contributed by atoms with Gasteiger partial charge < -0.3 is 14.8 Å². The molecule has 168 valence electrons. The van der Waals surface area contributed by atoms with Crippen LogP contribution in [-0.2, 0) is 11.3 Å². The normalized spacial score (nSPS) is 17.7. The van der Waals surface area contributed by atoms with Gasteiger partial charge >= 0.3 is 0 Å². The van der Waals surface area contributed by atoms with Crippen molar-refractivity contribution in [1.82, 2.24) is 29.7 Å². The Balaban J connectivity index is 1.47. The minimum absolute atomic E-state index is 0.0514. The smallest absolute Gasteiger partial charge is 0.251 e. The molecule has 0 saturated carbocycles. The highest BCUT2D eigenvalue weighted by molar-refractivity contribution is 5.99. The number of aromatic nitrogens is 5. The van der Waals surface area contributed by atoms with Crippen molar-refractivity contribution in [2.45, 2.75) is 39.0 Å². The fourth-order valence-corrected chi connectivity index (χ4v) is 4.29. The van der Waals surface area contributed by atoms with Gasteiger partial charge in [0.1, 0.15) is 6.10 Å². The van der Waals surface area contributed by atoms with Gasteiger partial charge in [0.15, 0.2) is 5.65 Å². The maximum Gasteiger partial charge on any atom is 0.251 e. The van der Waals surface area contributed by atoms with Gasteiger partial charge in [-0.15, -0.1) is 5.10 Å². The Hall–Kier alpha value is -3.72. The first kappa shape index (κ1) is 19.9. The highest BCUT2D eigenvalue weighted by atomic mass is 16.5. The summed E-state index contributed by atoms with van der Waals surface area (Å²) in [6, 6.07) is 8.09. The summed E-state index contributed by atoms with van der Waals surface area (Å²) in [7, 11) is 0. The van der Waals surface area contributed by atoms with E-state index in [-0.39, 0.29) is 18.1 Å². The van der Waals surface area contributed by atoms with Crippen LogP contribution in [0.25, 0.3) is 28.0 Å². The number of fused-ring (bicyclic) bond motifs is 2. The summed E-state index contributed by atoms with van der Waals surface area (Å²) in [4.78, 5) is 16.8. The zero-order valence-electron chi connectivity index (χ0n) is 18.5. The quantitative estimate of drug-likeness (QED) is 0.508. The van der Waals surface area contributed by atoms with Gasteiger partial charge in [-0.25, -0.2) is 9.50 Å². The highest BCUT2D eigenvalue weighted by Gasteiger charge is 2.24. The first-order valence-electron chi connectivity index (χ1n) is 11.2. The number of carbonyl (C=O) groups excluding carboxylic acids is 1. The maximum absolute atomic E-state index is 12.2. The number of hydrogen-bond acceptors (Lipinski definition) is 6. The van der Waals surface area contributed by atoms with E-state index in [2.05, 4.69) is 29.2 Å². The lowest BCUT2D eigenvalue weighted by atomic mass is 10.0. The molecule has 0 spiro atoms. The number of benzene rings is 1. The van der Waals surface area contributed by atoms with Gasteiger partial charge in [-0.05, 0) is 31.5 Å². The van der Waals surface area contributed by atoms with Gasteiger partial charge in [0, 0.05) is 41.9 Å². The molecule has 0 bridgehead atoms. The summed E-state index contributed by atoms with van der Waals surface area (Å²) in [5.74, 6) is 0.461. The van der Waals surface area contributed by atoms with E-state index in [9.17, 15) is 4.79 Å². The average Bonchev–Trinajstić information content (AvgIpc) is 3.61. The second kappa shape index (κ2) is 7.70. The number of amides is 1. The standard InChI is InChI=1S/C24H24N6O3/c1-14(2)29-12-17(10-27-29)20-8-22-25-11-21(15-3-4-16-9-26-23(31)19(16)7-15)30(22)28-24(20)33-18-5-6-32-13-18/h3-4,7-8,10-12,14,18H,5-6,9,13H2,1-2H3,(H,26,31)/t18-/m0/s1. The lowest BCUT2D eigenvalue weighted by Gasteiger charge is -2.15. The van der Waals surface area contributed by atoms with Crippen LogP contribution in [0.5, 0.6) is 5.88 Å². The number of hydrogen-bond donors (Lipinski definition) is 1. The highest BCUT2D eigenvalue weighted by Crippen LogP contribution is 2.33. The first-order valence-corrected chi connectivity index (χ1v) is 11.2. The van der Waals surface area contributed by atoms with Crippen LogP contribution in [0.4, 0.5) is 0 Å². The van der Waals surface area contributed by atoms with Crippen molar-refractivity contribution in [1.29, 1.82) is 0 Å². The fraction of sp³-hybridized carbons (Fsp3) is 0.333. The average molecular weight is 444 g/mol. The minimum Gasteiger partial charge on any atom is -0.470 e. The summed E-state index contributed by atoms with van der Waals surface area (Å²) in [5.41, 5.74) is 5.82. The molecule has 1 fully saturated rings. The molecule has 1 N–H and O–H groups in total. The van der Waals surface area contributed by atoms with E-state index in [0.717, 1.165) is 34.4 Å². The molecule has 6 rings (SSSR count). The first-order chi connectivity index (χ1) is 16.1. The number of nitrogens with zero attached hydrogens (tertiary/aromatic N) is 5. The molecule has 9 heteroatoms. The Morgan fingerprint density at radius 2 is 2.09 bits per heavy atom. The number of nitrogens with one attached hydrogen (secondary N) is 1. The second-order valence-corrected chi connectivity index (χ2v) is 8.74. The molecule has 1 amide bonds. The topological polar surface area (TPSA) is 95.6 Å². The molecule has 5 heterocycles. The van der Waals surface area contributed by atoms with Crippen LogP contribution in [-0.4, -0.2) is 49.6 Å². The molecule has 0 unspecified atom stereocenters. The van der Waals surface area contributed by atoms with Crippen molar-refractivity contribution in [3.8, 4) is 28.3 Å². The third-order valence-corrected chi connectivity index (χ3v) is 6.16. The lowest BCUT2D eigenvalue weighted by Crippen LogP contribution is -2.18. The molecule has 2 aliphatic rings. The Labute approximate surface area is 190 Å². The Morgan fingerprint density at radius 3 is 2.88 bits per heavy atom. The molecule has 1 atom stereocenters. The SMILES string of the molecule is CC(C)n1cc(-c2cc3ncc(-c4ccc5c(c4)C(=O)NC5)n3nc2O[C@H]2CCOC2)cn1. The van der Waals surface area contributed by atoms with E-state index in [4.69, 9.17) is 14.6 Å². The van der Waals surface area contributed by atoms with Crippen molar-refractivity contribution in [2.75, 3.05) is 13.2 Å². The van der Waals surface area contributed by atoms with Crippen molar-refractivity contribution >= 4 is 11.6 Å². The number of imidazole rings is 1. The van der Waals surface area contributed by atoms with Crippen LogP contribution in [0.1, 0.15) is 42.2 Å². The molecule has 3 aromatic heterocycles. The van der Waals surface area contributed by atoms with Crippen LogP contribution >= 0.6 is 0 Å². The maximum atomic E-state index is 12.2. The Bertz CT molecular complexity index is 1370. The second-order valence-electron chi connectivity index (χ2n) is 8.74. The van der Waals surface area contributed by atoms with Crippen LogP contribution in [0.3, 0.4) is 0 Å². The van der Waals surface area contributed by atoms with E-state index in [0.29, 0.717) is 36.8 Å². The number of ether oxygens (including phenoxy) is 2. The van der Waals surface area contributed by atoms with Gasteiger partial charge in [-0.2, -0.15) is 5.10 Å².